The Hall–Kier alpha value is -1.84. The number of carboxylic acid groups (broad SMARTS) is 1. The van der Waals surface area contributed by atoms with Gasteiger partial charge in [-0.25, -0.2) is 9.18 Å². The van der Waals surface area contributed by atoms with E-state index < -0.39 is 35.5 Å². The predicted octanol–water partition coefficient (Wildman–Crippen LogP) is 5.61. The van der Waals surface area contributed by atoms with Crippen molar-refractivity contribution in [3.63, 3.8) is 0 Å². The maximum absolute atomic E-state index is 13.6. The third-order valence-corrected chi connectivity index (χ3v) is 7.08. The van der Waals surface area contributed by atoms with Crippen LogP contribution in [0.25, 0.3) is 0 Å². The van der Waals surface area contributed by atoms with Gasteiger partial charge >= 0.3 is 12.1 Å². The van der Waals surface area contributed by atoms with E-state index >= 15 is 0 Å². The zero-order valence-corrected chi connectivity index (χ0v) is 17.8. The van der Waals surface area contributed by atoms with E-state index in [9.17, 15) is 27.5 Å². The summed E-state index contributed by atoms with van der Waals surface area (Å²) in [7, 11) is 0. The van der Waals surface area contributed by atoms with Gasteiger partial charge in [-0.1, -0.05) is 0 Å². The average molecular weight is 481 g/mol. The zero-order valence-electron chi connectivity index (χ0n) is 16.2. The Morgan fingerprint density at radius 2 is 1.97 bits per heavy atom. The predicted molar refractivity (Wildman–Crippen MR) is 108 cm³/mol. The summed E-state index contributed by atoms with van der Waals surface area (Å²) in [6.07, 6.45) is -3.15. The summed E-state index contributed by atoms with van der Waals surface area (Å²) in [6.45, 7) is -0.0853. The molecule has 0 amide bonds. The van der Waals surface area contributed by atoms with E-state index in [0.717, 1.165) is 17.0 Å². The van der Waals surface area contributed by atoms with Crippen LogP contribution in [0.5, 0.6) is 5.75 Å². The number of ether oxygens (including phenoxy) is 1. The van der Waals surface area contributed by atoms with Crippen molar-refractivity contribution in [3.05, 3.63) is 51.5 Å². The molecule has 0 unspecified atom stereocenters. The standard InChI is InChI=1S/C21H21ClF4O4S/c22-17-9-18(27)16(10-30-13-7-11(21(24,25)26)6-12(23)8-13)15(17)3-1-2-14-4-5-19(31-14)20(28)29/h4-8,15-18,27H,1-3,9-10H2,(H,28,29)/t15-,16-,17-,18-/m1/s1. The number of aliphatic hydroxyl groups excluding tert-OH is 1. The van der Waals surface area contributed by atoms with Crippen molar-refractivity contribution in [2.24, 2.45) is 11.8 Å². The molecule has 4 nitrogen and oxygen atoms in total. The van der Waals surface area contributed by atoms with Crippen LogP contribution in [0.3, 0.4) is 0 Å². The minimum atomic E-state index is -4.70. The number of hydrogen-bond donors (Lipinski definition) is 2. The highest BCUT2D eigenvalue weighted by molar-refractivity contribution is 7.13. The molecule has 0 saturated heterocycles. The van der Waals surface area contributed by atoms with E-state index in [1.807, 2.05) is 0 Å². The lowest BCUT2D eigenvalue weighted by atomic mass is 9.90. The van der Waals surface area contributed by atoms with Crippen LogP contribution in [0.2, 0.25) is 0 Å². The maximum atomic E-state index is 13.6. The Morgan fingerprint density at radius 3 is 2.61 bits per heavy atom. The molecule has 0 bridgehead atoms. The Morgan fingerprint density at radius 1 is 1.23 bits per heavy atom. The van der Waals surface area contributed by atoms with Crippen molar-refractivity contribution in [2.75, 3.05) is 6.61 Å². The Kier molecular flexibility index (Phi) is 7.49. The van der Waals surface area contributed by atoms with E-state index in [2.05, 4.69) is 0 Å². The molecule has 1 aliphatic rings. The van der Waals surface area contributed by atoms with Gasteiger partial charge in [0.1, 0.15) is 16.4 Å². The number of aliphatic hydroxyl groups is 1. The minimum absolute atomic E-state index is 0.0853. The highest BCUT2D eigenvalue weighted by Gasteiger charge is 2.41. The van der Waals surface area contributed by atoms with Gasteiger partial charge in [-0.3, -0.25) is 0 Å². The van der Waals surface area contributed by atoms with Gasteiger partial charge in [0.25, 0.3) is 0 Å². The molecule has 1 saturated carbocycles. The van der Waals surface area contributed by atoms with Crippen LogP contribution in [0.15, 0.2) is 30.3 Å². The van der Waals surface area contributed by atoms with Crippen molar-refractivity contribution in [1.29, 1.82) is 0 Å². The van der Waals surface area contributed by atoms with Crippen LogP contribution < -0.4 is 4.74 Å². The fourth-order valence-corrected chi connectivity index (χ4v) is 5.29. The number of aryl methyl sites for hydroxylation is 1. The molecule has 1 aromatic carbocycles. The number of carbonyl (C=O) groups is 1. The summed E-state index contributed by atoms with van der Waals surface area (Å²) in [4.78, 5) is 12.2. The summed E-state index contributed by atoms with van der Waals surface area (Å²) in [5.41, 5.74) is -1.14. The zero-order chi connectivity index (χ0) is 22.8. The van der Waals surface area contributed by atoms with Gasteiger partial charge in [0.15, 0.2) is 0 Å². The van der Waals surface area contributed by atoms with Crippen molar-refractivity contribution in [1.82, 2.24) is 0 Å². The fourth-order valence-electron chi connectivity index (χ4n) is 3.90. The van der Waals surface area contributed by atoms with Crippen molar-refractivity contribution >= 4 is 28.9 Å². The van der Waals surface area contributed by atoms with Gasteiger partial charge in [-0.2, -0.15) is 13.2 Å². The molecule has 3 rings (SSSR count). The van der Waals surface area contributed by atoms with Crippen LogP contribution in [-0.2, 0) is 12.6 Å². The molecule has 0 aliphatic heterocycles. The molecular formula is C21H21ClF4O4S. The quantitative estimate of drug-likeness (QED) is 0.380. The summed E-state index contributed by atoms with van der Waals surface area (Å²) in [6, 6.07) is 5.32. The lowest BCUT2D eigenvalue weighted by Crippen LogP contribution is -2.27. The van der Waals surface area contributed by atoms with E-state index in [4.69, 9.17) is 21.4 Å². The first-order chi connectivity index (χ1) is 14.5. The Balaban J connectivity index is 1.60. The number of carboxylic acids is 1. The molecule has 31 heavy (non-hydrogen) atoms. The van der Waals surface area contributed by atoms with Crippen LogP contribution >= 0.6 is 22.9 Å². The van der Waals surface area contributed by atoms with Crippen LogP contribution in [0, 0.1) is 17.7 Å². The third-order valence-electron chi connectivity index (χ3n) is 5.45. The number of thiophene rings is 1. The molecule has 1 heterocycles. The van der Waals surface area contributed by atoms with Gasteiger partial charge in [0.2, 0.25) is 0 Å². The SMILES string of the molecule is O=C(O)c1ccc(CCC[C@@H]2[C@@H](COc3cc(F)cc(C(F)(F)F)c3)[C@H](O)C[C@H]2Cl)s1. The molecule has 1 aliphatic carbocycles. The number of benzene rings is 1. The lowest BCUT2D eigenvalue weighted by Gasteiger charge is -2.24. The summed E-state index contributed by atoms with van der Waals surface area (Å²) < 4.78 is 57.6. The van der Waals surface area contributed by atoms with E-state index in [1.54, 1.807) is 12.1 Å². The molecule has 1 fully saturated rings. The molecule has 10 heteroatoms. The topological polar surface area (TPSA) is 66.8 Å². The number of alkyl halides is 4. The summed E-state index contributed by atoms with van der Waals surface area (Å²) in [5.74, 6) is -2.82. The molecule has 2 N–H and O–H groups in total. The largest absolute Gasteiger partial charge is 0.493 e. The fraction of sp³-hybridized carbons (Fsp3) is 0.476. The van der Waals surface area contributed by atoms with Crippen molar-refractivity contribution in [3.8, 4) is 5.75 Å². The average Bonchev–Trinajstić information content (AvgIpc) is 3.24. The van der Waals surface area contributed by atoms with Gasteiger partial charge in [0, 0.05) is 22.2 Å². The second kappa shape index (κ2) is 9.75. The molecule has 170 valence electrons. The highest BCUT2D eigenvalue weighted by Crippen LogP contribution is 2.40. The van der Waals surface area contributed by atoms with Gasteiger partial charge in [0.05, 0.1) is 18.3 Å². The second-order valence-corrected chi connectivity index (χ2v) is 9.32. The molecule has 0 spiro atoms. The molecule has 2 aromatic rings. The Bertz CT molecular complexity index is 917. The number of aromatic carboxylic acids is 1. The van der Waals surface area contributed by atoms with Crippen molar-refractivity contribution in [2.45, 2.75) is 43.3 Å². The molecule has 4 atom stereocenters. The van der Waals surface area contributed by atoms with Gasteiger partial charge in [-0.05, 0) is 55.9 Å². The van der Waals surface area contributed by atoms with E-state index in [-0.39, 0.29) is 28.5 Å². The molecule has 0 radical (unpaired) electrons. The third kappa shape index (κ3) is 6.11. The van der Waals surface area contributed by atoms with Crippen molar-refractivity contribution < 1.29 is 37.3 Å². The maximum Gasteiger partial charge on any atom is 0.416 e. The molecular weight excluding hydrogens is 460 g/mol. The number of halogens is 5. The highest BCUT2D eigenvalue weighted by atomic mass is 35.5. The smallest absolute Gasteiger partial charge is 0.416 e. The normalized spacial score (nSPS) is 23.8. The first-order valence-corrected chi connectivity index (χ1v) is 10.9. The van der Waals surface area contributed by atoms with Crippen LogP contribution in [-0.4, -0.2) is 34.3 Å². The first-order valence-electron chi connectivity index (χ1n) is 9.69. The summed E-state index contributed by atoms with van der Waals surface area (Å²) in [5, 5.41) is 19.0. The van der Waals surface area contributed by atoms with E-state index in [1.165, 1.54) is 11.3 Å². The first kappa shape index (κ1) is 23.8. The van der Waals surface area contributed by atoms with E-state index in [0.29, 0.717) is 31.7 Å². The number of hydrogen-bond acceptors (Lipinski definition) is 4. The number of rotatable bonds is 8. The summed E-state index contributed by atoms with van der Waals surface area (Å²) >= 11 is 7.59. The Labute approximate surface area is 185 Å². The monoisotopic (exact) mass is 480 g/mol. The van der Waals surface area contributed by atoms with Crippen LogP contribution in [0.4, 0.5) is 17.6 Å². The van der Waals surface area contributed by atoms with Gasteiger partial charge in [-0.15, -0.1) is 22.9 Å². The lowest BCUT2D eigenvalue weighted by molar-refractivity contribution is -0.137. The minimum Gasteiger partial charge on any atom is -0.493 e. The van der Waals surface area contributed by atoms with Crippen LogP contribution in [0.1, 0.15) is 39.4 Å². The molecule has 1 aromatic heterocycles. The van der Waals surface area contributed by atoms with Gasteiger partial charge < -0.3 is 14.9 Å². The second-order valence-electron chi connectivity index (χ2n) is 7.59.